The van der Waals surface area contributed by atoms with E-state index in [4.69, 9.17) is 4.52 Å². The van der Waals surface area contributed by atoms with E-state index in [9.17, 15) is 0 Å². The summed E-state index contributed by atoms with van der Waals surface area (Å²) in [5.74, 6) is 2.73. The van der Waals surface area contributed by atoms with Crippen LogP contribution in [0.4, 0.5) is 0 Å². The number of pyridine rings is 1. The van der Waals surface area contributed by atoms with Crippen molar-refractivity contribution in [3.05, 3.63) is 48.5 Å². The summed E-state index contributed by atoms with van der Waals surface area (Å²) in [6.07, 6.45) is 7.61. The number of imidazole rings is 1. The van der Waals surface area contributed by atoms with Gasteiger partial charge in [-0.25, -0.2) is 4.98 Å². The Balaban J connectivity index is 1.38. The van der Waals surface area contributed by atoms with Crippen LogP contribution in [0.2, 0.25) is 0 Å². The molecule has 3 aromatic rings. The number of rotatable bonds is 4. The summed E-state index contributed by atoms with van der Waals surface area (Å²) < 4.78 is 7.56. The zero-order chi connectivity index (χ0) is 16.4. The molecule has 0 amide bonds. The summed E-state index contributed by atoms with van der Waals surface area (Å²) >= 11 is 0. The molecule has 124 valence electrons. The molecular formula is C17H20N6O. The van der Waals surface area contributed by atoms with Crippen LogP contribution in [0.1, 0.15) is 30.5 Å². The minimum Gasteiger partial charge on any atom is -0.339 e. The number of likely N-dealkylation sites (tertiary alicyclic amines) is 1. The van der Waals surface area contributed by atoms with Crippen molar-refractivity contribution >= 4 is 0 Å². The molecule has 24 heavy (non-hydrogen) atoms. The second-order valence-electron chi connectivity index (χ2n) is 6.18. The van der Waals surface area contributed by atoms with Gasteiger partial charge in [-0.05, 0) is 38.1 Å². The van der Waals surface area contributed by atoms with Crippen LogP contribution in [0.25, 0.3) is 11.5 Å². The van der Waals surface area contributed by atoms with Crippen molar-refractivity contribution in [1.29, 1.82) is 0 Å². The smallest absolute Gasteiger partial charge is 0.230 e. The zero-order valence-electron chi connectivity index (χ0n) is 13.7. The minimum absolute atomic E-state index is 0.326. The lowest BCUT2D eigenvalue weighted by Crippen LogP contribution is -2.33. The van der Waals surface area contributed by atoms with Gasteiger partial charge in [-0.2, -0.15) is 4.98 Å². The summed E-state index contributed by atoms with van der Waals surface area (Å²) in [6.45, 7) is 2.91. The molecule has 0 N–H and O–H groups in total. The van der Waals surface area contributed by atoms with Crippen LogP contribution in [0, 0.1) is 0 Å². The molecule has 0 aliphatic carbocycles. The topological polar surface area (TPSA) is 72.9 Å². The second-order valence-corrected chi connectivity index (χ2v) is 6.18. The second kappa shape index (κ2) is 6.52. The summed E-state index contributed by atoms with van der Waals surface area (Å²) in [5, 5.41) is 4.08. The lowest BCUT2D eigenvalue weighted by Gasteiger charge is -2.29. The third-order valence-corrected chi connectivity index (χ3v) is 4.56. The van der Waals surface area contributed by atoms with E-state index in [0.29, 0.717) is 11.7 Å². The van der Waals surface area contributed by atoms with Crippen molar-refractivity contribution in [3.63, 3.8) is 0 Å². The van der Waals surface area contributed by atoms with E-state index in [1.54, 1.807) is 6.20 Å². The first-order valence-electron chi connectivity index (χ1n) is 8.23. The molecule has 4 heterocycles. The van der Waals surface area contributed by atoms with Crippen LogP contribution in [0.5, 0.6) is 0 Å². The van der Waals surface area contributed by atoms with E-state index in [2.05, 4.69) is 29.6 Å². The van der Waals surface area contributed by atoms with Crippen LogP contribution >= 0.6 is 0 Å². The lowest BCUT2D eigenvalue weighted by molar-refractivity contribution is 0.183. The maximum atomic E-state index is 5.48. The highest BCUT2D eigenvalue weighted by Crippen LogP contribution is 2.28. The zero-order valence-corrected chi connectivity index (χ0v) is 13.7. The highest BCUT2D eigenvalue weighted by Gasteiger charge is 2.26. The summed E-state index contributed by atoms with van der Waals surface area (Å²) in [7, 11) is 2.03. The molecule has 0 aromatic carbocycles. The van der Waals surface area contributed by atoms with Crippen molar-refractivity contribution in [1.82, 2.24) is 29.6 Å². The molecule has 1 aliphatic rings. The predicted molar refractivity (Wildman–Crippen MR) is 88.0 cm³/mol. The number of hydrogen-bond donors (Lipinski definition) is 0. The maximum Gasteiger partial charge on any atom is 0.230 e. The molecule has 0 saturated carbocycles. The summed E-state index contributed by atoms with van der Waals surface area (Å²) in [6, 6.07) is 5.69. The number of nitrogens with zero attached hydrogens (tertiary/aromatic N) is 6. The van der Waals surface area contributed by atoms with Gasteiger partial charge < -0.3 is 9.09 Å². The van der Waals surface area contributed by atoms with Crippen LogP contribution in [-0.2, 0) is 13.6 Å². The molecule has 4 rings (SSSR count). The molecule has 0 spiro atoms. The predicted octanol–water partition coefficient (Wildman–Crippen LogP) is 2.24. The highest BCUT2D eigenvalue weighted by atomic mass is 16.5. The first-order valence-corrected chi connectivity index (χ1v) is 8.23. The molecule has 1 fully saturated rings. The van der Waals surface area contributed by atoms with Gasteiger partial charge in [0.05, 0.1) is 6.54 Å². The van der Waals surface area contributed by atoms with E-state index in [-0.39, 0.29) is 0 Å². The first-order chi connectivity index (χ1) is 11.8. The molecule has 7 heteroatoms. The van der Waals surface area contributed by atoms with Gasteiger partial charge in [0.15, 0.2) is 0 Å². The van der Waals surface area contributed by atoms with Crippen molar-refractivity contribution < 1.29 is 4.52 Å². The molecule has 7 nitrogen and oxygen atoms in total. The Morgan fingerprint density at radius 1 is 1.17 bits per heavy atom. The molecule has 1 saturated heterocycles. The Bertz CT molecular complexity index is 788. The van der Waals surface area contributed by atoms with Gasteiger partial charge in [0.1, 0.15) is 11.5 Å². The summed E-state index contributed by atoms with van der Waals surface area (Å²) in [4.78, 5) is 15.6. The van der Waals surface area contributed by atoms with Crippen molar-refractivity contribution in [2.24, 2.45) is 7.05 Å². The van der Waals surface area contributed by atoms with Gasteiger partial charge in [0, 0.05) is 31.6 Å². The number of aryl methyl sites for hydroxylation is 1. The summed E-state index contributed by atoms with van der Waals surface area (Å²) in [5.41, 5.74) is 0.750. The van der Waals surface area contributed by atoms with Crippen LogP contribution in [0.3, 0.4) is 0 Å². The fourth-order valence-electron chi connectivity index (χ4n) is 3.09. The largest absolute Gasteiger partial charge is 0.339 e. The van der Waals surface area contributed by atoms with E-state index >= 15 is 0 Å². The molecule has 3 aromatic heterocycles. The fraction of sp³-hybridized carbons (Fsp3) is 0.412. The maximum absolute atomic E-state index is 5.48. The Hall–Kier alpha value is -2.54. The van der Waals surface area contributed by atoms with Gasteiger partial charge >= 0.3 is 0 Å². The van der Waals surface area contributed by atoms with E-state index in [1.165, 1.54) is 0 Å². The first kappa shape index (κ1) is 15.0. The van der Waals surface area contributed by atoms with Crippen LogP contribution in [-0.4, -0.2) is 42.7 Å². The third kappa shape index (κ3) is 3.07. The van der Waals surface area contributed by atoms with E-state index in [0.717, 1.165) is 49.9 Å². The van der Waals surface area contributed by atoms with Crippen molar-refractivity contribution in [3.8, 4) is 11.5 Å². The van der Waals surface area contributed by atoms with Crippen LogP contribution < -0.4 is 0 Å². The Morgan fingerprint density at radius 2 is 2.04 bits per heavy atom. The third-order valence-electron chi connectivity index (χ3n) is 4.56. The van der Waals surface area contributed by atoms with Gasteiger partial charge in [0.2, 0.25) is 11.7 Å². The van der Waals surface area contributed by atoms with Crippen molar-refractivity contribution in [2.75, 3.05) is 13.1 Å². The number of piperidine rings is 1. The Kier molecular flexibility index (Phi) is 4.08. The Labute approximate surface area is 140 Å². The van der Waals surface area contributed by atoms with Crippen molar-refractivity contribution in [2.45, 2.75) is 25.3 Å². The minimum atomic E-state index is 0.326. The molecule has 0 atom stereocenters. The molecule has 1 aliphatic heterocycles. The normalized spacial score (nSPS) is 16.5. The van der Waals surface area contributed by atoms with E-state index in [1.807, 2.05) is 37.6 Å². The average Bonchev–Trinajstić information content (AvgIpc) is 3.26. The standard InChI is InChI=1S/C17H20N6O/c1-22-11-8-19-15(22)12-23-9-5-13(6-10-23)17-20-16(21-24-17)14-4-2-3-7-18-14/h2-4,7-8,11,13H,5-6,9-10,12H2,1H3. The molecule has 0 unspecified atom stereocenters. The van der Waals surface area contributed by atoms with Crippen LogP contribution in [0.15, 0.2) is 41.3 Å². The lowest BCUT2D eigenvalue weighted by atomic mass is 9.97. The number of aromatic nitrogens is 5. The SMILES string of the molecule is Cn1ccnc1CN1CCC(c2nc(-c3ccccn3)no2)CC1. The average molecular weight is 324 g/mol. The highest BCUT2D eigenvalue weighted by molar-refractivity contribution is 5.47. The Morgan fingerprint density at radius 3 is 2.75 bits per heavy atom. The van der Waals surface area contributed by atoms with E-state index < -0.39 is 0 Å². The fourth-order valence-corrected chi connectivity index (χ4v) is 3.09. The molecule has 0 radical (unpaired) electrons. The number of hydrogen-bond acceptors (Lipinski definition) is 6. The molecule has 0 bridgehead atoms. The van der Waals surface area contributed by atoms with Gasteiger partial charge in [-0.1, -0.05) is 11.2 Å². The van der Waals surface area contributed by atoms with Gasteiger partial charge in [0.25, 0.3) is 0 Å². The van der Waals surface area contributed by atoms with Gasteiger partial charge in [-0.15, -0.1) is 0 Å². The quantitative estimate of drug-likeness (QED) is 0.733. The monoisotopic (exact) mass is 324 g/mol. The van der Waals surface area contributed by atoms with Gasteiger partial charge in [-0.3, -0.25) is 9.88 Å². The molecular weight excluding hydrogens is 304 g/mol.